The number of nitrogens with one attached hydrogen (secondary N) is 2. The van der Waals surface area contributed by atoms with Crippen LogP contribution in [0.15, 0.2) is 40.9 Å². The Hall–Kier alpha value is -3.00. The van der Waals surface area contributed by atoms with E-state index < -0.39 is 0 Å². The van der Waals surface area contributed by atoms with Gasteiger partial charge in [-0.25, -0.2) is 0 Å². The van der Waals surface area contributed by atoms with Crippen LogP contribution in [-0.4, -0.2) is 35.1 Å². The number of amides is 4. The lowest BCUT2D eigenvalue weighted by molar-refractivity contribution is -0.116. The predicted octanol–water partition coefficient (Wildman–Crippen LogP) is 3.73. The Morgan fingerprint density at radius 1 is 0.966 bits per heavy atom. The van der Waals surface area contributed by atoms with Crippen LogP contribution in [0.5, 0.6) is 0 Å². The molecule has 0 aromatic heterocycles. The van der Waals surface area contributed by atoms with Gasteiger partial charge in [0, 0.05) is 24.4 Å². The van der Waals surface area contributed by atoms with E-state index in [4.69, 9.17) is 0 Å². The van der Waals surface area contributed by atoms with E-state index in [1.165, 1.54) is 11.8 Å². The number of rotatable bonds is 6. The van der Waals surface area contributed by atoms with Crippen molar-refractivity contribution in [3.8, 4) is 0 Å². The van der Waals surface area contributed by atoms with E-state index in [2.05, 4.69) is 26.6 Å². The van der Waals surface area contributed by atoms with Crippen molar-refractivity contribution in [3.63, 3.8) is 0 Å². The number of carbonyl (C=O) groups is 4. The molecule has 0 unspecified atom stereocenters. The van der Waals surface area contributed by atoms with E-state index in [0.717, 1.165) is 10.0 Å². The van der Waals surface area contributed by atoms with Crippen LogP contribution in [0, 0.1) is 6.92 Å². The van der Waals surface area contributed by atoms with Crippen molar-refractivity contribution in [1.29, 1.82) is 0 Å². The van der Waals surface area contributed by atoms with Crippen LogP contribution < -0.4 is 10.6 Å². The first-order chi connectivity index (χ1) is 13.8. The zero-order chi connectivity index (χ0) is 21.1. The smallest absolute Gasteiger partial charge is 0.261 e. The molecule has 0 aliphatic carbocycles. The van der Waals surface area contributed by atoms with E-state index in [-0.39, 0.29) is 36.6 Å². The van der Waals surface area contributed by atoms with E-state index >= 15 is 0 Å². The maximum absolute atomic E-state index is 12.5. The molecule has 0 atom stereocenters. The summed E-state index contributed by atoms with van der Waals surface area (Å²) in [5.41, 5.74) is 2.68. The summed E-state index contributed by atoms with van der Waals surface area (Å²) in [7, 11) is 0. The quantitative estimate of drug-likeness (QED) is 0.645. The Balaban J connectivity index is 1.59. The SMILES string of the molecule is CC(=O)Nc1ccc(Br)cc1NC(=O)CCCN1C(=O)c2ccc(C)cc2C1=O. The summed E-state index contributed by atoms with van der Waals surface area (Å²) < 4.78 is 0.753. The highest BCUT2D eigenvalue weighted by molar-refractivity contribution is 9.10. The van der Waals surface area contributed by atoms with Crippen molar-refractivity contribution in [2.75, 3.05) is 17.2 Å². The van der Waals surface area contributed by atoms with Gasteiger partial charge < -0.3 is 10.6 Å². The molecule has 1 aliphatic rings. The standard InChI is InChI=1S/C21H20BrN3O4/c1-12-5-7-15-16(10-12)21(29)25(20(15)28)9-3-4-19(27)24-18-11-14(22)6-8-17(18)23-13(2)26/h5-8,10-11H,3-4,9H2,1-2H3,(H,23,26)(H,24,27). The van der Waals surface area contributed by atoms with Crippen molar-refractivity contribution in [1.82, 2.24) is 4.90 Å². The molecule has 150 valence electrons. The summed E-state index contributed by atoms with van der Waals surface area (Å²) in [5.74, 6) is -1.18. The van der Waals surface area contributed by atoms with Crippen LogP contribution in [0.3, 0.4) is 0 Å². The lowest BCUT2D eigenvalue weighted by atomic mass is 10.1. The molecule has 2 aromatic carbocycles. The number of carbonyl (C=O) groups excluding carboxylic acids is 4. The van der Waals surface area contributed by atoms with Gasteiger partial charge in [-0.05, 0) is 43.7 Å². The second-order valence-corrected chi connectivity index (χ2v) is 7.75. The molecule has 0 radical (unpaired) electrons. The van der Waals surface area contributed by atoms with Crippen LogP contribution in [0.1, 0.15) is 46.0 Å². The summed E-state index contributed by atoms with van der Waals surface area (Å²) >= 11 is 3.34. The summed E-state index contributed by atoms with van der Waals surface area (Å²) in [5, 5.41) is 5.42. The minimum atomic E-state index is -0.328. The molecule has 0 saturated heterocycles. The third kappa shape index (κ3) is 4.71. The minimum absolute atomic E-state index is 0.123. The molecule has 1 aliphatic heterocycles. The second-order valence-electron chi connectivity index (χ2n) is 6.83. The molecule has 2 aromatic rings. The van der Waals surface area contributed by atoms with Crippen LogP contribution in [-0.2, 0) is 9.59 Å². The van der Waals surface area contributed by atoms with Crippen molar-refractivity contribution in [3.05, 3.63) is 57.6 Å². The second kappa shape index (κ2) is 8.57. The Labute approximate surface area is 176 Å². The molecule has 0 saturated carbocycles. The number of halogens is 1. The molecule has 2 N–H and O–H groups in total. The number of hydrogen-bond donors (Lipinski definition) is 2. The third-order valence-electron chi connectivity index (χ3n) is 4.48. The largest absolute Gasteiger partial charge is 0.325 e. The Bertz CT molecular complexity index is 1020. The third-order valence-corrected chi connectivity index (χ3v) is 4.97. The fraction of sp³-hybridized carbons (Fsp3) is 0.238. The number of imide groups is 1. The first kappa shape index (κ1) is 20.7. The first-order valence-electron chi connectivity index (χ1n) is 9.10. The lowest BCUT2D eigenvalue weighted by Gasteiger charge is -2.14. The summed E-state index contributed by atoms with van der Waals surface area (Å²) in [6, 6.07) is 10.3. The van der Waals surface area contributed by atoms with Gasteiger partial charge in [0.15, 0.2) is 0 Å². The van der Waals surface area contributed by atoms with E-state index in [0.29, 0.717) is 28.9 Å². The van der Waals surface area contributed by atoms with E-state index in [9.17, 15) is 19.2 Å². The molecular formula is C21H20BrN3O4. The average molecular weight is 458 g/mol. The molecule has 0 bridgehead atoms. The van der Waals surface area contributed by atoms with Gasteiger partial charge in [0.2, 0.25) is 11.8 Å². The highest BCUT2D eigenvalue weighted by atomic mass is 79.9. The zero-order valence-corrected chi connectivity index (χ0v) is 17.6. The topological polar surface area (TPSA) is 95.6 Å². The van der Waals surface area contributed by atoms with Gasteiger partial charge in [0.1, 0.15) is 0 Å². The molecule has 29 heavy (non-hydrogen) atoms. The molecule has 3 rings (SSSR count). The average Bonchev–Trinajstić information content (AvgIpc) is 2.88. The van der Waals surface area contributed by atoms with E-state index in [1.807, 2.05) is 6.92 Å². The molecule has 0 fully saturated rings. The van der Waals surface area contributed by atoms with Crippen LogP contribution in [0.4, 0.5) is 11.4 Å². The maximum Gasteiger partial charge on any atom is 0.261 e. The Kier molecular flexibility index (Phi) is 6.12. The zero-order valence-electron chi connectivity index (χ0n) is 16.0. The monoisotopic (exact) mass is 457 g/mol. The first-order valence-corrected chi connectivity index (χ1v) is 9.89. The summed E-state index contributed by atoms with van der Waals surface area (Å²) in [4.78, 5) is 49.7. The van der Waals surface area contributed by atoms with Crippen LogP contribution in [0.2, 0.25) is 0 Å². The normalized spacial score (nSPS) is 12.7. The summed E-state index contributed by atoms with van der Waals surface area (Å²) in [6.07, 6.45) is 0.457. The van der Waals surface area contributed by atoms with E-state index in [1.54, 1.807) is 36.4 Å². The molecule has 0 spiro atoms. The summed E-state index contributed by atoms with van der Waals surface area (Å²) in [6.45, 7) is 3.41. The highest BCUT2D eigenvalue weighted by Crippen LogP contribution is 2.27. The molecule has 8 heteroatoms. The highest BCUT2D eigenvalue weighted by Gasteiger charge is 2.34. The number of nitrogens with zero attached hydrogens (tertiary/aromatic N) is 1. The number of hydrogen-bond acceptors (Lipinski definition) is 4. The van der Waals surface area contributed by atoms with Gasteiger partial charge >= 0.3 is 0 Å². The van der Waals surface area contributed by atoms with Gasteiger partial charge in [0.25, 0.3) is 11.8 Å². The molecule has 1 heterocycles. The van der Waals surface area contributed by atoms with Crippen molar-refractivity contribution in [2.45, 2.75) is 26.7 Å². The fourth-order valence-corrected chi connectivity index (χ4v) is 3.50. The van der Waals surface area contributed by atoms with Gasteiger partial charge in [-0.2, -0.15) is 0 Å². The lowest BCUT2D eigenvalue weighted by Crippen LogP contribution is -2.31. The minimum Gasteiger partial charge on any atom is -0.325 e. The predicted molar refractivity (Wildman–Crippen MR) is 113 cm³/mol. The fourth-order valence-electron chi connectivity index (χ4n) is 3.14. The maximum atomic E-state index is 12.5. The van der Waals surface area contributed by atoms with Crippen molar-refractivity contribution >= 4 is 50.9 Å². The molecular weight excluding hydrogens is 438 g/mol. The number of benzene rings is 2. The van der Waals surface area contributed by atoms with Crippen molar-refractivity contribution in [2.24, 2.45) is 0 Å². The number of fused-ring (bicyclic) bond motifs is 1. The van der Waals surface area contributed by atoms with Crippen LogP contribution >= 0.6 is 15.9 Å². The van der Waals surface area contributed by atoms with Crippen LogP contribution in [0.25, 0.3) is 0 Å². The number of anilines is 2. The Morgan fingerprint density at radius 3 is 2.41 bits per heavy atom. The number of aryl methyl sites for hydroxylation is 1. The van der Waals surface area contributed by atoms with Crippen molar-refractivity contribution < 1.29 is 19.2 Å². The molecule has 4 amide bonds. The molecule has 7 nitrogen and oxygen atoms in total. The van der Waals surface area contributed by atoms with Gasteiger partial charge in [0.05, 0.1) is 22.5 Å². The van der Waals surface area contributed by atoms with Gasteiger partial charge in [-0.1, -0.05) is 27.6 Å². The Morgan fingerprint density at radius 2 is 1.69 bits per heavy atom. The van der Waals surface area contributed by atoms with Gasteiger partial charge in [-0.15, -0.1) is 0 Å². The van der Waals surface area contributed by atoms with Gasteiger partial charge in [-0.3, -0.25) is 24.1 Å².